The van der Waals surface area contributed by atoms with E-state index < -0.39 is 0 Å². The van der Waals surface area contributed by atoms with Gasteiger partial charge in [-0.05, 0) is 44.4 Å². The zero-order valence-corrected chi connectivity index (χ0v) is 22.2. The van der Waals surface area contributed by atoms with E-state index in [0.717, 1.165) is 38.5 Å². The third-order valence-corrected chi connectivity index (χ3v) is 6.34. The van der Waals surface area contributed by atoms with Crippen molar-refractivity contribution >= 4 is 11.9 Å². The normalized spacial score (nSPS) is 11.9. The average Bonchev–Trinajstić information content (AvgIpc) is 2.84. The van der Waals surface area contributed by atoms with Crippen LogP contribution in [0.4, 0.5) is 0 Å². The van der Waals surface area contributed by atoms with Gasteiger partial charge in [0.1, 0.15) is 0 Å². The predicted molar refractivity (Wildman–Crippen MR) is 141 cm³/mol. The fourth-order valence-corrected chi connectivity index (χ4v) is 4.13. The lowest BCUT2D eigenvalue weighted by molar-refractivity contribution is 0.0319. The van der Waals surface area contributed by atoms with E-state index in [9.17, 15) is 9.59 Å². The van der Waals surface area contributed by atoms with Gasteiger partial charge in [0, 0.05) is 0 Å². The van der Waals surface area contributed by atoms with Gasteiger partial charge in [0.05, 0.1) is 23.8 Å². The molecule has 0 amide bonds. The molecule has 0 aliphatic heterocycles. The number of ether oxygens (including phenoxy) is 2. The summed E-state index contributed by atoms with van der Waals surface area (Å²) in [5.41, 5.74) is 0.806. The van der Waals surface area contributed by atoms with Crippen LogP contribution in [-0.2, 0) is 9.47 Å². The summed E-state index contributed by atoms with van der Waals surface area (Å²) in [6.45, 7) is 6.76. The number of rotatable bonds is 21. The van der Waals surface area contributed by atoms with Gasteiger partial charge in [-0.15, -0.1) is 0 Å². The van der Waals surface area contributed by atoms with Crippen molar-refractivity contribution in [1.82, 2.24) is 0 Å². The van der Waals surface area contributed by atoms with Gasteiger partial charge in [-0.25, -0.2) is 9.59 Å². The summed E-state index contributed by atoms with van der Waals surface area (Å²) in [7, 11) is 0. The highest BCUT2D eigenvalue weighted by Gasteiger charge is 2.15. The average molecular weight is 475 g/mol. The molecular formula is C30H50O4. The van der Waals surface area contributed by atoms with E-state index in [4.69, 9.17) is 9.47 Å². The molecule has 0 aliphatic rings. The van der Waals surface area contributed by atoms with Crippen LogP contribution < -0.4 is 0 Å². The van der Waals surface area contributed by atoms with Crippen molar-refractivity contribution in [1.29, 1.82) is 0 Å². The number of carbonyl (C=O) groups is 2. The maximum Gasteiger partial charge on any atom is 0.338 e. The van der Waals surface area contributed by atoms with Crippen LogP contribution in [0.1, 0.15) is 151 Å². The van der Waals surface area contributed by atoms with E-state index in [1.54, 1.807) is 24.3 Å². The minimum atomic E-state index is -0.379. The van der Waals surface area contributed by atoms with Crippen LogP contribution in [0.25, 0.3) is 0 Å². The Kier molecular flexibility index (Phi) is 18.2. The van der Waals surface area contributed by atoms with Crippen molar-refractivity contribution in [3.05, 3.63) is 35.4 Å². The number of unbranched alkanes of at least 4 members (excludes halogenated alkanes) is 14. The van der Waals surface area contributed by atoms with E-state index in [-0.39, 0.29) is 18.0 Å². The van der Waals surface area contributed by atoms with Crippen LogP contribution in [0.5, 0.6) is 0 Å². The molecule has 0 aliphatic carbocycles. The first-order chi connectivity index (χ1) is 16.6. The Bertz CT molecular complexity index is 655. The van der Waals surface area contributed by atoms with Crippen LogP contribution in [-0.4, -0.2) is 24.6 Å². The summed E-state index contributed by atoms with van der Waals surface area (Å²) < 4.78 is 10.9. The molecule has 1 unspecified atom stereocenters. The standard InChI is InChI=1S/C30H50O4/c1-4-6-8-9-10-11-12-13-14-15-16-17-19-24-33-29(31)27-22-20-23-28(25-27)30(32)34-26(3)21-18-7-5-2/h20,22-23,25-26H,4-19,21,24H2,1-3H3. The SMILES string of the molecule is CCCCCCCCCCCCCCCOC(=O)c1cccc(C(=O)OC(C)CCCCC)c1. The summed E-state index contributed by atoms with van der Waals surface area (Å²) in [6.07, 6.45) is 20.8. The summed E-state index contributed by atoms with van der Waals surface area (Å²) in [4.78, 5) is 24.7. The second-order valence-corrected chi connectivity index (χ2v) is 9.67. The molecule has 4 heteroatoms. The quantitative estimate of drug-likeness (QED) is 0.132. The Labute approximate surface area is 209 Å². The molecule has 0 saturated carbocycles. The largest absolute Gasteiger partial charge is 0.462 e. The van der Waals surface area contributed by atoms with Crippen molar-refractivity contribution in [3.63, 3.8) is 0 Å². The lowest BCUT2D eigenvalue weighted by atomic mass is 10.0. The molecule has 0 radical (unpaired) electrons. The monoisotopic (exact) mass is 474 g/mol. The molecule has 0 bridgehead atoms. The maximum atomic E-state index is 12.4. The summed E-state index contributed by atoms with van der Waals surface area (Å²) in [5, 5.41) is 0. The Morgan fingerprint density at radius 2 is 1.15 bits per heavy atom. The molecule has 34 heavy (non-hydrogen) atoms. The number of hydrogen-bond donors (Lipinski definition) is 0. The third-order valence-electron chi connectivity index (χ3n) is 6.34. The summed E-state index contributed by atoms with van der Waals surface area (Å²) in [5.74, 6) is -0.750. The molecule has 1 aromatic rings. The Hall–Kier alpha value is -1.84. The second kappa shape index (κ2) is 20.5. The van der Waals surface area contributed by atoms with Gasteiger partial charge >= 0.3 is 11.9 Å². The highest BCUT2D eigenvalue weighted by molar-refractivity contribution is 5.95. The van der Waals surface area contributed by atoms with Crippen molar-refractivity contribution in [2.75, 3.05) is 6.61 Å². The molecule has 0 heterocycles. The van der Waals surface area contributed by atoms with Crippen LogP contribution in [0.2, 0.25) is 0 Å². The topological polar surface area (TPSA) is 52.6 Å². The second-order valence-electron chi connectivity index (χ2n) is 9.67. The summed E-state index contributed by atoms with van der Waals surface area (Å²) in [6, 6.07) is 6.66. The molecule has 0 N–H and O–H groups in total. The molecule has 0 saturated heterocycles. The van der Waals surface area contributed by atoms with Gasteiger partial charge in [0.2, 0.25) is 0 Å². The molecule has 4 nitrogen and oxygen atoms in total. The molecule has 1 rings (SSSR count). The lowest BCUT2D eigenvalue weighted by Gasteiger charge is -2.13. The fourth-order valence-electron chi connectivity index (χ4n) is 4.13. The van der Waals surface area contributed by atoms with Gasteiger partial charge in [-0.1, -0.05) is 110 Å². The van der Waals surface area contributed by atoms with E-state index in [1.807, 2.05) is 6.92 Å². The van der Waals surface area contributed by atoms with E-state index in [1.165, 1.54) is 70.6 Å². The predicted octanol–water partition coefficient (Wildman–Crippen LogP) is 9.06. The van der Waals surface area contributed by atoms with Crippen LogP contribution in [0.15, 0.2) is 24.3 Å². The number of esters is 2. The zero-order chi connectivity index (χ0) is 24.9. The molecule has 1 atom stereocenters. The molecule has 0 fully saturated rings. The number of hydrogen-bond acceptors (Lipinski definition) is 4. The van der Waals surface area contributed by atoms with E-state index in [2.05, 4.69) is 13.8 Å². The van der Waals surface area contributed by atoms with Gasteiger partial charge in [0.15, 0.2) is 0 Å². The highest BCUT2D eigenvalue weighted by Crippen LogP contribution is 2.14. The molecular weight excluding hydrogens is 424 g/mol. The zero-order valence-electron chi connectivity index (χ0n) is 22.2. The molecule has 0 aromatic heterocycles. The van der Waals surface area contributed by atoms with Crippen molar-refractivity contribution < 1.29 is 19.1 Å². The first-order valence-electron chi connectivity index (χ1n) is 14.1. The fraction of sp³-hybridized carbons (Fsp3) is 0.733. The third kappa shape index (κ3) is 15.1. The van der Waals surface area contributed by atoms with Gasteiger partial charge in [-0.2, -0.15) is 0 Å². The first-order valence-corrected chi connectivity index (χ1v) is 14.1. The van der Waals surface area contributed by atoms with Crippen LogP contribution in [0, 0.1) is 0 Å². The summed E-state index contributed by atoms with van der Waals surface area (Å²) >= 11 is 0. The maximum absolute atomic E-state index is 12.4. The molecule has 194 valence electrons. The Morgan fingerprint density at radius 3 is 1.71 bits per heavy atom. The minimum absolute atomic E-state index is 0.120. The van der Waals surface area contributed by atoms with Crippen molar-refractivity contribution in [3.8, 4) is 0 Å². The molecule has 1 aromatic carbocycles. The number of benzene rings is 1. The van der Waals surface area contributed by atoms with Crippen molar-refractivity contribution in [2.24, 2.45) is 0 Å². The molecule has 0 spiro atoms. The Morgan fingerprint density at radius 1 is 0.676 bits per heavy atom. The van der Waals surface area contributed by atoms with Crippen LogP contribution in [0.3, 0.4) is 0 Å². The van der Waals surface area contributed by atoms with Gasteiger partial charge < -0.3 is 9.47 Å². The lowest BCUT2D eigenvalue weighted by Crippen LogP contribution is -2.16. The minimum Gasteiger partial charge on any atom is -0.462 e. The number of carbonyl (C=O) groups excluding carboxylic acids is 2. The Balaban J connectivity index is 2.13. The highest BCUT2D eigenvalue weighted by atomic mass is 16.5. The first kappa shape index (κ1) is 30.2. The van der Waals surface area contributed by atoms with E-state index >= 15 is 0 Å². The van der Waals surface area contributed by atoms with Crippen molar-refractivity contribution in [2.45, 2.75) is 136 Å². The van der Waals surface area contributed by atoms with Crippen LogP contribution >= 0.6 is 0 Å². The van der Waals surface area contributed by atoms with Gasteiger partial charge in [-0.3, -0.25) is 0 Å². The van der Waals surface area contributed by atoms with E-state index in [0.29, 0.717) is 17.7 Å². The van der Waals surface area contributed by atoms with Gasteiger partial charge in [0.25, 0.3) is 0 Å². The smallest absolute Gasteiger partial charge is 0.338 e.